The van der Waals surface area contributed by atoms with Crippen molar-refractivity contribution in [3.8, 4) is 0 Å². The van der Waals surface area contributed by atoms with E-state index in [9.17, 15) is 19.2 Å². The van der Waals surface area contributed by atoms with Crippen LogP contribution in [0.15, 0.2) is 33.5 Å². The Kier molecular flexibility index (Phi) is 5.31. The molecule has 2 amide bonds. The molecule has 0 saturated heterocycles. The predicted molar refractivity (Wildman–Crippen MR) is 82.7 cm³/mol. The predicted octanol–water partition coefficient (Wildman–Crippen LogP) is 1.53. The average Bonchev–Trinajstić information content (AvgIpc) is 2.53. The Morgan fingerprint density at radius 3 is 2.62 bits per heavy atom. The van der Waals surface area contributed by atoms with Gasteiger partial charge in [0, 0.05) is 6.07 Å². The minimum absolute atomic E-state index is 0.0978. The molecule has 0 radical (unpaired) electrons. The fourth-order valence-electron chi connectivity index (χ4n) is 1.89. The lowest BCUT2D eigenvalue weighted by atomic mass is 10.1. The molecule has 0 atom stereocenters. The topological polar surface area (TPSA) is 112 Å². The molecule has 0 spiro atoms. The maximum atomic E-state index is 12.0. The zero-order valence-corrected chi connectivity index (χ0v) is 13.1. The van der Waals surface area contributed by atoms with E-state index in [0.717, 1.165) is 11.6 Å². The number of aryl methyl sites for hydroxylation is 1. The number of fused-ring (bicyclic) bond motifs is 1. The van der Waals surface area contributed by atoms with Crippen LogP contribution in [-0.4, -0.2) is 31.2 Å². The van der Waals surface area contributed by atoms with E-state index in [1.54, 1.807) is 25.1 Å². The van der Waals surface area contributed by atoms with Gasteiger partial charge in [-0.2, -0.15) is 0 Å². The fourth-order valence-corrected chi connectivity index (χ4v) is 1.89. The normalized spacial score (nSPS) is 10.2. The van der Waals surface area contributed by atoms with E-state index in [0.29, 0.717) is 5.39 Å². The van der Waals surface area contributed by atoms with Crippen LogP contribution in [0.2, 0.25) is 0 Å². The smallest absolute Gasteiger partial charge is 0.413 e. The van der Waals surface area contributed by atoms with Crippen molar-refractivity contribution in [3.63, 3.8) is 0 Å². The molecule has 0 fully saturated rings. The second-order valence-electron chi connectivity index (χ2n) is 4.82. The summed E-state index contributed by atoms with van der Waals surface area (Å²) >= 11 is 0. The minimum atomic E-state index is -0.992. The molecular formula is C16H15NO7. The molecule has 1 aromatic carbocycles. The van der Waals surface area contributed by atoms with Crippen LogP contribution in [0, 0.1) is 6.92 Å². The van der Waals surface area contributed by atoms with E-state index in [4.69, 9.17) is 9.15 Å². The minimum Gasteiger partial charge on any atom is -0.450 e. The lowest BCUT2D eigenvalue weighted by Gasteiger charge is -2.06. The Labute approximate surface area is 136 Å². The number of esters is 1. The number of imide groups is 1. The van der Waals surface area contributed by atoms with Gasteiger partial charge in [0.2, 0.25) is 5.76 Å². The van der Waals surface area contributed by atoms with Gasteiger partial charge in [0.15, 0.2) is 12.0 Å². The van der Waals surface area contributed by atoms with Gasteiger partial charge < -0.3 is 13.9 Å². The summed E-state index contributed by atoms with van der Waals surface area (Å²) in [4.78, 5) is 46.3. The van der Waals surface area contributed by atoms with Crippen molar-refractivity contribution < 1.29 is 28.3 Å². The third-order valence-corrected chi connectivity index (χ3v) is 2.94. The molecule has 0 aliphatic carbocycles. The summed E-state index contributed by atoms with van der Waals surface area (Å²) < 4.78 is 14.5. The second-order valence-corrected chi connectivity index (χ2v) is 4.82. The van der Waals surface area contributed by atoms with Crippen molar-refractivity contribution in [1.82, 2.24) is 5.32 Å². The first kappa shape index (κ1) is 17.2. The molecule has 8 heteroatoms. The van der Waals surface area contributed by atoms with Crippen molar-refractivity contribution >= 4 is 28.9 Å². The number of carbonyl (C=O) groups is 3. The molecule has 2 rings (SSSR count). The van der Waals surface area contributed by atoms with Crippen LogP contribution in [0.25, 0.3) is 11.0 Å². The lowest BCUT2D eigenvalue weighted by Crippen LogP contribution is -2.34. The Morgan fingerprint density at radius 1 is 1.17 bits per heavy atom. The number of benzene rings is 1. The third-order valence-electron chi connectivity index (χ3n) is 2.94. The molecular weight excluding hydrogens is 318 g/mol. The van der Waals surface area contributed by atoms with Gasteiger partial charge in [0.05, 0.1) is 12.0 Å². The summed E-state index contributed by atoms with van der Waals surface area (Å²) in [5.41, 5.74) is 0.708. The van der Waals surface area contributed by atoms with Gasteiger partial charge in [-0.25, -0.2) is 9.59 Å². The summed E-state index contributed by atoms with van der Waals surface area (Å²) in [6.07, 6.45) is -0.939. The molecule has 1 heterocycles. The SMILES string of the molecule is CCOC(=O)NC(=O)COC(=O)c1cc(=O)c2cc(C)ccc2o1. The number of carbonyl (C=O) groups excluding carboxylic acids is 3. The lowest BCUT2D eigenvalue weighted by molar-refractivity contribution is -0.123. The van der Waals surface area contributed by atoms with Crippen LogP contribution >= 0.6 is 0 Å². The Hall–Kier alpha value is -3.16. The van der Waals surface area contributed by atoms with Crippen molar-refractivity contribution in [3.05, 3.63) is 45.8 Å². The van der Waals surface area contributed by atoms with E-state index in [1.165, 1.54) is 0 Å². The van der Waals surface area contributed by atoms with Crippen LogP contribution in [0.4, 0.5) is 4.79 Å². The Bertz CT molecular complexity index is 853. The summed E-state index contributed by atoms with van der Waals surface area (Å²) in [5.74, 6) is -2.19. The largest absolute Gasteiger partial charge is 0.450 e. The zero-order valence-electron chi connectivity index (χ0n) is 13.1. The first-order valence-electron chi connectivity index (χ1n) is 7.09. The van der Waals surface area contributed by atoms with E-state index in [2.05, 4.69) is 4.74 Å². The van der Waals surface area contributed by atoms with Gasteiger partial charge in [-0.05, 0) is 26.0 Å². The fraction of sp³-hybridized carbons (Fsp3) is 0.250. The molecule has 8 nitrogen and oxygen atoms in total. The average molecular weight is 333 g/mol. The highest BCUT2D eigenvalue weighted by atomic mass is 16.6. The molecule has 24 heavy (non-hydrogen) atoms. The standard InChI is InChI=1S/C16H15NO7/c1-3-22-16(21)17-14(19)8-23-15(20)13-7-11(18)10-6-9(2)4-5-12(10)24-13/h4-7H,3,8H2,1-2H3,(H,17,19,21). The van der Waals surface area contributed by atoms with Crippen LogP contribution < -0.4 is 10.7 Å². The molecule has 1 aromatic heterocycles. The molecule has 126 valence electrons. The molecule has 0 bridgehead atoms. The number of hydrogen-bond acceptors (Lipinski definition) is 7. The molecule has 0 aliphatic heterocycles. The van der Waals surface area contributed by atoms with Gasteiger partial charge in [-0.15, -0.1) is 0 Å². The number of amides is 2. The molecule has 1 N–H and O–H groups in total. The van der Waals surface area contributed by atoms with Crippen LogP contribution in [0.1, 0.15) is 23.0 Å². The second kappa shape index (κ2) is 7.40. The van der Waals surface area contributed by atoms with E-state index in [1.807, 2.05) is 12.2 Å². The van der Waals surface area contributed by atoms with Gasteiger partial charge >= 0.3 is 12.1 Å². The van der Waals surface area contributed by atoms with Crippen molar-refractivity contribution in [2.75, 3.05) is 13.2 Å². The van der Waals surface area contributed by atoms with Gasteiger partial charge in [0.25, 0.3) is 5.91 Å². The molecule has 0 saturated carbocycles. The summed E-state index contributed by atoms with van der Waals surface area (Å²) in [6.45, 7) is 2.78. The quantitative estimate of drug-likeness (QED) is 0.844. The maximum absolute atomic E-state index is 12.0. The highest BCUT2D eigenvalue weighted by Gasteiger charge is 2.16. The number of ether oxygens (including phenoxy) is 2. The third kappa shape index (κ3) is 4.19. The molecule has 0 unspecified atom stereocenters. The van der Waals surface area contributed by atoms with E-state index >= 15 is 0 Å². The van der Waals surface area contributed by atoms with Gasteiger partial charge in [-0.1, -0.05) is 11.6 Å². The Morgan fingerprint density at radius 2 is 1.92 bits per heavy atom. The van der Waals surface area contributed by atoms with E-state index in [-0.39, 0.29) is 18.0 Å². The van der Waals surface area contributed by atoms with Gasteiger partial charge in [0.1, 0.15) is 5.58 Å². The molecule has 0 aliphatic rings. The number of hydrogen-bond donors (Lipinski definition) is 1. The van der Waals surface area contributed by atoms with Gasteiger partial charge in [-0.3, -0.25) is 14.9 Å². The van der Waals surface area contributed by atoms with Crippen molar-refractivity contribution in [2.24, 2.45) is 0 Å². The summed E-state index contributed by atoms with van der Waals surface area (Å²) in [6, 6.07) is 5.93. The molecule has 2 aromatic rings. The summed E-state index contributed by atoms with van der Waals surface area (Å²) in [7, 11) is 0. The number of alkyl carbamates (subject to hydrolysis) is 1. The Balaban J connectivity index is 2.06. The first-order valence-corrected chi connectivity index (χ1v) is 7.09. The maximum Gasteiger partial charge on any atom is 0.413 e. The first-order chi connectivity index (χ1) is 11.4. The van der Waals surface area contributed by atoms with E-state index < -0.39 is 30.0 Å². The number of nitrogens with one attached hydrogen (secondary N) is 1. The highest BCUT2D eigenvalue weighted by Crippen LogP contribution is 2.14. The monoisotopic (exact) mass is 333 g/mol. The van der Waals surface area contributed by atoms with Crippen LogP contribution in [0.5, 0.6) is 0 Å². The summed E-state index contributed by atoms with van der Waals surface area (Å²) in [5, 5.41) is 2.20. The van der Waals surface area contributed by atoms with Crippen molar-refractivity contribution in [1.29, 1.82) is 0 Å². The zero-order chi connectivity index (χ0) is 17.7. The van der Waals surface area contributed by atoms with Crippen LogP contribution in [0.3, 0.4) is 0 Å². The van der Waals surface area contributed by atoms with Crippen LogP contribution in [-0.2, 0) is 14.3 Å². The van der Waals surface area contributed by atoms with Crippen molar-refractivity contribution in [2.45, 2.75) is 13.8 Å². The highest BCUT2D eigenvalue weighted by molar-refractivity contribution is 5.95. The number of rotatable bonds is 4.